The Morgan fingerprint density at radius 3 is 2.45 bits per heavy atom. The minimum absolute atomic E-state index is 0.0990. The Bertz CT molecular complexity index is 1170. The Balaban J connectivity index is 1.32. The number of hydrogen-bond donors (Lipinski definition) is 2. The molecule has 31 heavy (non-hydrogen) atoms. The number of amides is 2. The van der Waals surface area contributed by atoms with E-state index in [9.17, 15) is 14.0 Å². The summed E-state index contributed by atoms with van der Waals surface area (Å²) in [5, 5.41) is 7.68. The third kappa shape index (κ3) is 5.34. The van der Waals surface area contributed by atoms with Gasteiger partial charge >= 0.3 is 0 Å². The van der Waals surface area contributed by atoms with Crippen molar-refractivity contribution in [1.82, 2.24) is 4.98 Å². The SMILES string of the molecule is O=C(Nc1nccs1)c1ccc(NC(=O)c2ccc(COc3ccc(F)cc3)o2)cc1. The van der Waals surface area contributed by atoms with Gasteiger partial charge in [-0.05, 0) is 60.7 Å². The van der Waals surface area contributed by atoms with Crippen LogP contribution in [0, 0.1) is 5.82 Å². The molecular weight excluding hydrogens is 421 g/mol. The van der Waals surface area contributed by atoms with Crippen molar-refractivity contribution in [1.29, 1.82) is 0 Å². The van der Waals surface area contributed by atoms with Crippen LogP contribution in [-0.2, 0) is 6.61 Å². The van der Waals surface area contributed by atoms with Crippen molar-refractivity contribution in [3.05, 3.63) is 95.1 Å². The Labute approximate surface area is 180 Å². The van der Waals surface area contributed by atoms with Gasteiger partial charge in [0.1, 0.15) is 23.9 Å². The molecule has 0 saturated carbocycles. The predicted molar refractivity (Wildman–Crippen MR) is 114 cm³/mol. The highest BCUT2D eigenvalue weighted by Crippen LogP contribution is 2.18. The first-order chi connectivity index (χ1) is 15.1. The molecule has 156 valence electrons. The van der Waals surface area contributed by atoms with Gasteiger partial charge in [0.15, 0.2) is 10.9 Å². The number of hydrogen-bond acceptors (Lipinski definition) is 6. The highest BCUT2D eigenvalue weighted by Gasteiger charge is 2.13. The fraction of sp³-hybridized carbons (Fsp3) is 0.0455. The lowest BCUT2D eigenvalue weighted by atomic mass is 10.2. The Morgan fingerprint density at radius 2 is 1.74 bits per heavy atom. The molecule has 4 aromatic rings. The summed E-state index contributed by atoms with van der Waals surface area (Å²) < 4.78 is 23.9. The lowest BCUT2D eigenvalue weighted by Gasteiger charge is -2.06. The van der Waals surface area contributed by atoms with Crippen molar-refractivity contribution in [2.45, 2.75) is 6.61 Å². The van der Waals surface area contributed by atoms with E-state index in [2.05, 4.69) is 15.6 Å². The minimum Gasteiger partial charge on any atom is -0.486 e. The van der Waals surface area contributed by atoms with Gasteiger partial charge < -0.3 is 14.5 Å². The molecule has 2 aromatic heterocycles. The number of thiazole rings is 1. The molecule has 0 bridgehead atoms. The van der Waals surface area contributed by atoms with Crippen LogP contribution in [0.25, 0.3) is 0 Å². The summed E-state index contributed by atoms with van der Waals surface area (Å²) in [7, 11) is 0. The third-order valence-electron chi connectivity index (χ3n) is 4.14. The number of rotatable bonds is 7. The fourth-order valence-electron chi connectivity index (χ4n) is 2.61. The number of furan rings is 1. The molecule has 0 atom stereocenters. The van der Waals surface area contributed by atoms with E-state index in [1.165, 1.54) is 41.7 Å². The number of nitrogens with zero attached hydrogens (tertiary/aromatic N) is 1. The first-order valence-electron chi connectivity index (χ1n) is 9.16. The molecule has 7 nitrogen and oxygen atoms in total. The number of anilines is 2. The molecule has 4 rings (SSSR count). The first-order valence-corrected chi connectivity index (χ1v) is 10.0. The molecule has 0 spiro atoms. The maximum Gasteiger partial charge on any atom is 0.291 e. The second-order valence-corrected chi connectivity index (χ2v) is 7.23. The van der Waals surface area contributed by atoms with Crippen LogP contribution in [0.3, 0.4) is 0 Å². The zero-order valence-corrected chi connectivity index (χ0v) is 16.8. The topological polar surface area (TPSA) is 93.5 Å². The van der Waals surface area contributed by atoms with E-state index >= 15 is 0 Å². The summed E-state index contributed by atoms with van der Waals surface area (Å²) in [5.41, 5.74) is 0.947. The van der Waals surface area contributed by atoms with E-state index in [4.69, 9.17) is 9.15 Å². The molecule has 0 aliphatic rings. The molecule has 0 aliphatic heterocycles. The maximum atomic E-state index is 12.9. The van der Waals surface area contributed by atoms with Crippen molar-refractivity contribution in [2.24, 2.45) is 0 Å². The number of benzene rings is 2. The first kappa shape index (κ1) is 20.3. The Morgan fingerprint density at radius 1 is 0.968 bits per heavy atom. The van der Waals surface area contributed by atoms with Crippen LogP contribution >= 0.6 is 11.3 Å². The molecule has 2 N–H and O–H groups in total. The van der Waals surface area contributed by atoms with E-state index in [1.807, 2.05) is 0 Å². The summed E-state index contributed by atoms with van der Waals surface area (Å²) in [4.78, 5) is 28.6. The quantitative estimate of drug-likeness (QED) is 0.426. The van der Waals surface area contributed by atoms with Crippen LogP contribution in [0.15, 0.2) is 76.7 Å². The highest BCUT2D eigenvalue weighted by atomic mass is 32.1. The van der Waals surface area contributed by atoms with Crippen LogP contribution in [0.5, 0.6) is 5.75 Å². The fourth-order valence-corrected chi connectivity index (χ4v) is 3.14. The minimum atomic E-state index is -0.437. The second kappa shape index (κ2) is 9.23. The molecule has 0 fully saturated rings. The van der Waals surface area contributed by atoms with E-state index < -0.39 is 5.91 Å². The summed E-state index contributed by atoms with van der Waals surface area (Å²) in [6, 6.07) is 15.2. The summed E-state index contributed by atoms with van der Waals surface area (Å²) in [6.07, 6.45) is 1.61. The standard InChI is InChI=1S/C22H16FN3O4S/c23-15-3-7-17(8-4-15)29-13-18-9-10-19(30-18)21(28)25-16-5-1-14(2-6-16)20(27)26-22-24-11-12-31-22/h1-12H,13H2,(H,25,28)(H,24,26,27). The predicted octanol–water partition coefficient (Wildman–Crippen LogP) is 4.96. The van der Waals surface area contributed by atoms with Crippen LogP contribution in [-0.4, -0.2) is 16.8 Å². The molecule has 0 aliphatic carbocycles. The molecule has 0 unspecified atom stereocenters. The smallest absolute Gasteiger partial charge is 0.291 e. The number of aromatic nitrogens is 1. The van der Waals surface area contributed by atoms with Gasteiger partial charge in [-0.1, -0.05) is 0 Å². The maximum absolute atomic E-state index is 12.9. The normalized spacial score (nSPS) is 10.5. The molecule has 0 radical (unpaired) electrons. The molecule has 2 aromatic carbocycles. The van der Waals surface area contributed by atoms with Gasteiger partial charge in [-0.15, -0.1) is 11.3 Å². The average molecular weight is 437 g/mol. The Hall–Kier alpha value is -3.98. The monoisotopic (exact) mass is 437 g/mol. The van der Waals surface area contributed by atoms with Gasteiger partial charge in [0.05, 0.1) is 0 Å². The lowest BCUT2D eigenvalue weighted by Crippen LogP contribution is -2.13. The molecule has 9 heteroatoms. The number of carbonyl (C=O) groups excluding carboxylic acids is 2. The number of carbonyl (C=O) groups is 2. The number of halogens is 1. The molecular formula is C22H16FN3O4S. The van der Waals surface area contributed by atoms with Gasteiger partial charge in [-0.25, -0.2) is 9.37 Å². The van der Waals surface area contributed by atoms with Crippen LogP contribution < -0.4 is 15.4 Å². The van der Waals surface area contributed by atoms with Crippen LogP contribution in [0.2, 0.25) is 0 Å². The van der Waals surface area contributed by atoms with Gasteiger partial charge in [0.2, 0.25) is 0 Å². The van der Waals surface area contributed by atoms with Crippen molar-refractivity contribution in [3.63, 3.8) is 0 Å². The van der Waals surface area contributed by atoms with Gasteiger partial charge in [-0.3, -0.25) is 14.9 Å². The summed E-state index contributed by atoms with van der Waals surface area (Å²) in [6.45, 7) is 0.0990. The van der Waals surface area contributed by atoms with Gasteiger partial charge in [0, 0.05) is 22.8 Å². The van der Waals surface area contributed by atoms with E-state index in [0.29, 0.717) is 27.9 Å². The average Bonchev–Trinajstić information content (AvgIpc) is 3.46. The summed E-state index contributed by atoms with van der Waals surface area (Å²) in [5.74, 6) is -0.0232. The van der Waals surface area contributed by atoms with Crippen molar-refractivity contribution >= 4 is 34.0 Å². The van der Waals surface area contributed by atoms with Gasteiger partial charge in [-0.2, -0.15) is 0 Å². The van der Waals surface area contributed by atoms with Crippen molar-refractivity contribution < 1.29 is 23.1 Å². The van der Waals surface area contributed by atoms with E-state index in [1.54, 1.807) is 41.9 Å². The zero-order valence-electron chi connectivity index (χ0n) is 16.0. The van der Waals surface area contributed by atoms with E-state index in [0.717, 1.165) is 0 Å². The van der Waals surface area contributed by atoms with Crippen molar-refractivity contribution in [2.75, 3.05) is 10.6 Å². The molecule has 0 saturated heterocycles. The third-order valence-corrected chi connectivity index (χ3v) is 4.83. The highest BCUT2D eigenvalue weighted by molar-refractivity contribution is 7.13. The number of ether oxygens (including phenoxy) is 1. The second-order valence-electron chi connectivity index (χ2n) is 6.33. The zero-order chi connectivity index (χ0) is 21.6. The number of nitrogens with one attached hydrogen (secondary N) is 2. The largest absolute Gasteiger partial charge is 0.486 e. The van der Waals surface area contributed by atoms with Gasteiger partial charge in [0.25, 0.3) is 11.8 Å². The summed E-state index contributed by atoms with van der Waals surface area (Å²) >= 11 is 1.33. The van der Waals surface area contributed by atoms with Crippen molar-refractivity contribution in [3.8, 4) is 5.75 Å². The molecule has 2 amide bonds. The lowest BCUT2D eigenvalue weighted by molar-refractivity contribution is 0.0991. The van der Waals surface area contributed by atoms with Crippen LogP contribution in [0.4, 0.5) is 15.2 Å². The van der Waals surface area contributed by atoms with E-state index in [-0.39, 0.29) is 24.1 Å². The van der Waals surface area contributed by atoms with Crippen LogP contribution in [0.1, 0.15) is 26.7 Å². The Kier molecular flexibility index (Phi) is 6.04. The molecule has 2 heterocycles.